The van der Waals surface area contributed by atoms with Gasteiger partial charge in [0.1, 0.15) is 12.4 Å². The van der Waals surface area contributed by atoms with Gasteiger partial charge in [-0.3, -0.25) is 0 Å². The number of nitrogens with zero attached hydrogens (tertiary/aromatic N) is 4. The van der Waals surface area contributed by atoms with Crippen molar-refractivity contribution < 1.29 is 4.74 Å². The summed E-state index contributed by atoms with van der Waals surface area (Å²) in [6.07, 6.45) is 7.37. The van der Waals surface area contributed by atoms with Gasteiger partial charge in [0.15, 0.2) is 11.8 Å². The van der Waals surface area contributed by atoms with Crippen molar-refractivity contribution in [1.29, 1.82) is 0 Å². The molecule has 0 radical (unpaired) electrons. The Hall–Kier alpha value is -0.900. The van der Waals surface area contributed by atoms with Crippen molar-refractivity contribution >= 4 is 29.9 Å². The lowest BCUT2D eigenvalue weighted by molar-refractivity contribution is 0.145. The molecule has 0 bridgehead atoms. The van der Waals surface area contributed by atoms with E-state index in [0.717, 1.165) is 56.3 Å². The highest BCUT2D eigenvalue weighted by molar-refractivity contribution is 14.0. The van der Waals surface area contributed by atoms with Crippen molar-refractivity contribution in [3.05, 3.63) is 11.6 Å². The summed E-state index contributed by atoms with van der Waals surface area (Å²) in [4.78, 5) is 4.67. The number of hydrogen-bond acceptors (Lipinski definition) is 4. The van der Waals surface area contributed by atoms with Gasteiger partial charge < -0.3 is 19.9 Å². The molecule has 1 aromatic heterocycles. The second-order valence-electron chi connectivity index (χ2n) is 7.39. The first-order valence-electron chi connectivity index (χ1n) is 10.5. The highest BCUT2D eigenvalue weighted by atomic mass is 127. The van der Waals surface area contributed by atoms with Crippen molar-refractivity contribution in [3.8, 4) is 0 Å². The van der Waals surface area contributed by atoms with E-state index in [1.807, 2.05) is 25.5 Å². The Balaban J connectivity index is 0.00000729. The molecule has 0 aromatic carbocycles. The Morgan fingerprint density at radius 3 is 2.36 bits per heavy atom. The minimum atomic E-state index is 0. The molecule has 0 aliphatic heterocycles. The molecule has 0 spiro atoms. The summed E-state index contributed by atoms with van der Waals surface area (Å²) >= 11 is 0. The van der Waals surface area contributed by atoms with Gasteiger partial charge in [0.2, 0.25) is 0 Å². The largest absolute Gasteiger partial charge is 0.382 e. The lowest BCUT2D eigenvalue weighted by Gasteiger charge is -2.13. The molecule has 0 aliphatic rings. The van der Waals surface area contributed by atoms with E-state index in [-0.39, 0.29) is 24.0 Å². The van der Waals surface area contributed by atoms with E-state index in [0.29, 0.717) is 6.54 Å². The number of unbranched alkanes of at least 4 members (excludes halogenated alkanes) is 3. The summed E-state index contributed by atoms with van der Waals surface area (Å²) in [7, 11) is 1.97. The maximum Gasteiger partial charge on any atom is 0.191 e. The number of rotatable bonds is 14. The van der Waals surface area contributed by atoms with Crippen LogP contribution >= 0.6 is 24.0 Å². The van der Waals surface area contributed by atoms with Gasteiger partial charge in [-0.25, -0.2) is 4.99 Å². The van der Waals surface area contributed by atoms with Crippen LogP contribution in [0.25, 0.3) is 0 Å². The highest BCUT2D eigenvalue weighted by Crippen LogP contribution is 2.09. The summed E-state index contributed by atoms with van der Waals surface area (Å²) in [5, 5.41) is 15.1. The lowest BCUT2D eigenvalue weighted by Crippen LogP contribution is -2.38. The molecule has 0 aliphatic carbocycles. The zero-order valence-corrected chi connectivity index (χ0v) is 20.8. The summed E-state index contributed by atoms with van der Waals surface area (Å²) in [5.41, 5.74) is 0. The van der Waals surface area contributed by atoms with E-state index in [4.69, 9.17) is 4.74 Å². The number of hydrogen-bond donors (Lipinski definition) is 2. The quantitative estimate of drug-likeness (QED) is 0.173. The molecule has 1 heterocycles. The third-order valence-electron chi connectivity index (χ3n) is 4.52. The molecule has 28 heavy (non-hydrogen) atoms. The maximum atomic E-state index is 5.39. The average Bonchev–Trinajstić information content (AvgIpc) is 2.96. The number of ether oxygens (including phenoxy) is 1. The van der Waals surface area contributed by atoms with E-state index in [2.05, 4.69) is 39.7 Å². The van der Waals surface area contributed by atoms with E-state index >= 15 is 0 Å². The number of nitrogens with one attached hydrogen (secondary N) is 2. The van der Waals surface area contributed by atoms with Crippen molar-refractivity contribution in [1.82, 2.24) is 25.4 Å². The van der Waals surface area contributed by atoms with Crippen LogP contribution in [-0.4, -0.2) is 47.0 Å². The summed E-state index contributed by atoms with van der Waals surface area (Å²) in [5.74, 6) is 3.43. The van der Waals surface area contributed by atoms with Crippen molar-refractivity contribution in [3.63, 3.8) is 0 Å². The van der Waals surface area contributed by atoms with Gasteiger partial charge in [0.25, 0.3) is 0 Å². The van der Waals surface area contributed by atoms with Gasteiger partial charge in [-0.1, -0.05) is 39.5 Å². The molecule has 2 N–H and O–H groups in total. The number of aliphatic imine (C=N–C) groups is 1. The van der Waals surface area contributed by atoms with Gasteiger partial charge in [0, 0.05) is 33.4 Å². The minimum Gasteiger partial charge on any atom is -0.382 e. The van der Waals surface area contributed by atoms with Crippen LogP contribution in [0, 0.1) is 12.8 Å². The zero-order valence-electron chi connectivity index (χ0n) is 18.5. The smallest absolute Gasteiger partial charge is 0.191 e. The molecule has 164 valence electrons. The number of aryl methyl sites for hydroxylation is 1. The van der Waals surface area contributed by atoms with E-state index < -0.39 is 0 Å². The number of halogens is 1. The Bertz CT molecular complexity index is 533. The molecule has 0 unspecified atom stereocenters. The topological polar surface area (TPSA) is 76.4 Å². The molecule has 7 nitrogen and oxygen atoms in total. The van der Waals surface area contributed by atoms with E-state index in [1.165, 1.54) is 32.1 Å². The first-order chi connectivity index (χ1) is 13.0. The Morgan fingerprint density at radius 1 is 1.07 bits per heavy atom. The second kappa shape index (κ2) is 17.0. The predicted octanol–water partition coefficient (Wildman–Crippen LogP) is 3.81. The van der Waals surface area contributed by atoms with Gasteiger partial charge in [-0.15, -0.1) is 34.2 Å². The molecule has 0 saturated carbocycles. The predicted molar refractivity (Wildman–Crippen MR) is 127 cm³/mol. The average molecular weight is 508 g/mol. The van der Waals surface area contributed by atoms with Crippen LogP contribution in [0.4, 0.5) is 0 Å². The van der Waals surface area contributed by atoms with Crippen molar-refractivity contribution in [2.24, 2.45) is 18.0 Å². The molecule has 1 rings (SSSR count). The Kier molecular flexibility index (Phi) is 16.5. The summed E-state index contributed by atoms with van der Waals surface area (Å²) in [6.45, 7) is 12.4. The number of guanidine groups is 1. The van der Waals surface area contributed by atoms with Crippen LogP contribution in [0.1, 0.15) is 70.9 Å². The third kappa shape index (κ3) is 12.5. The van der Waals surface area contributed by atoms with E-state index in [9.17, 15) is 0 Å². The third-order valence-corrected chi connectivity index (χ3v) is 4.52. The molecule has 0 atom stereocenters. The lowest BCUT2D eigenvalue weighted by atomic mass is 10.0. The SMILES string of the molecule is CCOCCCNC(=NCc1nnc(C)n1C)NCCCCCCC(C)C.I. The molecule has 8 heteroatoms. The van der Waals surface area contributed by atoms with Gasteiger partial charge >= 0.3 is 0 Å². The van der Waals surface area contributed by atoms with Crippen LogP contribution in [0.15, 0.2) is 4.99 Å². The van der Waals surface area contributed by atoms with Crippen LogP contribution in [0.3, 0.4) is 0 Å². The zero-order chi connectivity index (χ0) is 19.9. The van der Waals surface area contributed by atoms with Crippen LogP contribution in [0.2, 0.25) is 0 Å². The monoisotopic (exact) mass is 508 g/mol. The maximum absolute atomic E-state index is 5.39. The van der Waals surface area contributed by atoms with Crippen LogP contribution < -0.4 is 10.6 Å². The van der Waals surface area contributed by atoms with Gasteiger partial charge in [-0.2, -0.15) is 0 Å². The normalized spacial score (nSPS) is 11.6. The van der Waals surface area contributed by atoms with Gasteiger partial charge in [-0.05, 0) is 32.6 Å². The van der Waals surface area contributed by atoms with Crippen molar-refractivity contribution in [2.45, 2.75) is 72.8 Å². The minimum absolute atomic E-state index is 0. The number of aromatic nitrogens is 3. The first kappa shape index (κ1) is 27.1. The summed E-state index contributed by atoms with van der Waals surface area (Å²) < 4.78 is 7.37. The molecule has 0 amide bonds. The second-order valence-corrected chi connectivity index (χ2v) is 7.39. The van der Waals surface area contributed by atoms with E-state index in [1.54, 1.807) is 0 Å². The fourth-order valence-corrected chi connectivity index (χ4v) is 2.68. The molecular weight excluding hydrogens is 467 g/mol. The van der Waals surface area contributed by atoms with Gasteiger partial charge in [0.05, 0.1) is 0 Å². The van der Waals surface area contributed by atoms with Crippen molar-refractivity contribution in [2.75, 3.05) is 26.3 Å². The van der Waals surface area contributed by atoms with Crippen LogP contribution in [-0.2, 0) is 18.3 Å². The molecular formula is C20H41IN6O. The Labute approximate surface area is 188 Å². The van der Waals surface area contributed by atoms with Crippen LogP contribution in [0.5, 0.6) is 0 Å². The first-order valence-corrected chi connectivity index (χ1v) is 10.5. The Morgan fingerprint density at radius 2 is 1.75 bits per heavy atom. The fraction of sp³-hybridized carbons (Fsp3) is 0.850. The fourth-order valence-electron chi connectivity index (χ4n) is 2.68. The summed E-state index contributed by atoms with van der Waals surface area (Å²) in [6, 6.07) is 0. The standard InChI is InChI=1S/C20H40N6O.HI/c1-6-27-15-11-14-22-20(21-13-10-8-7-9-12-17(2)3)23-16-19-25-24-18(4)26(19)5;/h17H,6-16H2,1-5H3,(H2,21,22,23);1H. The highest BCUT2D eigenvalue weighted by Gasteiger charge is 2.05. The molecule has 0 saturated heterocycles. The molecule has 0 fully saturated rings. The molecule has 1 aromatic rings.